The molecule has 29 heavy (non-hydrogen) atoms. The van der Waals surface area contributed by atoms with Gasteiger partial charge in [0.05, 0.1) is 17.8 Å². The summed E-state index contributed by atoms with van der Waals surface area (Å²) in [6.07, 6.45) is 1.39. The molecule has 0 aliphatic carbocycles. The van der Waals surface area contributed by atoms with E-state index < -0.39 is 17.4 Å². The third-order valence-electron chi connectivity index (χ3n) is 4.56. The van der Waals surface area contributed by atoms with Crippen LogP contribution in [0.1, 0.15) is 21.5 Å². The minimum absolute atomic E-state index is 0.0203. The molecule has 2 heterocycles. The molecule has 1 aromatic heterocycles. The number of nitrogens with zero attached hydrogens (tertiary/aromatic N) is 1. The van der Waals surface area contributed by atoms with Gasteiger partial charge in [0.15, 0.2) is 5.78 Å². The lowest BCUT2D eigenvalue weighted by molar-refractivity contribution is 0.0989. The van der Waals surface area contributed by atoms with Crippen molar-refractivity contribution in [1.29, 1.82) is 0 Å². The molecule has 0 saturated carbocycles. The van der Waals surface area contributed by atoms with Crippen molar-refractivity contribution in [2.24, 2.45) is 0 Å². The van der Waals surface area contributed by atoms with Crippen LogP contribution in [0.2, 0.25) is 0 Å². The van der Waals surface area contributed by atoms with E-state index in [-0.39, 0.29) is 30.2 Å². The monoisotopic (exact) mass is 394 g/mol. The van der Waals surface area contributed by atoms with E-state index in [1.165, 1.54) is 36.5 Å². The zero-order valence-electron chi connectivity index (χ0n) is 15.1. The Bertz CT molecular complexity index is 1120. The van der Waals surface area contributed by atoms with E-state index in [0.717, 1.165) is 0 Å². The Hall–Kier alpha value is -3.81. The lowest BCUT2D eigenvalue weighted by atomic mass is 10.0. The fourth-order valence-electron chi connectivity index (χ4n) is 3.10. The number of nitrogens with one attached hydrogen (secondary N) is 3. The first-order chi connectivity index (χ1) is 14.0. The Morgan fingerprint density at radius 3 is 2.69 bits per heavy atom. The van der Waals surface area contributed by atoms with Gasteiger partial charge in [-0.05, 0) is 35.9 Å². The second-order valence-corrected chi connectivity index (χ2v) is 6.51. The number of pyridine rings is 1. The van der Waals surface area contributed by atoms with Gasteiger partial charge in [-0.3, -0.25) is 10.1 Å². The largest absolute Gasteiger partial charge is 0.353 e. The first-order valence-corrected chi connectivity index (χ1v) is 8.87. The van der Waals surface area contributed by atoms with Gasteiger partial charge in [-0.2, -0.15) is 0 Å². The minimum Gasteiger partial charge on any atom is -0.353 e. The summed E-state index contributed by atoms with van der Waals surface area (Å²) in [5, 5.41) is 8.21. The smallest absolute Gasteiger partial charge is 0.320 e. The Labute approximate surface area is 165 Å². The van der Waals surface area contributed by atoms with Gasteiger partial charge in [-0.1, -0.05) is 18.2 Å². The summed E-state index contributed by atoms with van der Waals surface area (Å²) in [7, 11) is 0. The van der Waals surface area contributed by atoms with Gasteiger partial charge in [0.2, 0.25) is 0 Å². The average molecular weight is 394 g/mol. The van der Waals surface area contributed by atoms with Crippen LogP contribution in [-0.4, -0.2) is 16.8 Å². The molecule has 6 nitrogen and oxygen atoms in total. The predicted molar refractivity (Wildman–Crippen MR) is 104 cm³/mol. The number of hydrogen-bond acceptors (Lipinski definition) is 4. The van der Waals surface area contributed by atoms with Crippen LogP contribution in [0.3, 0.4) is 0 Å². The van der Waals surface area contributed by atoms with Crippen LogP contribution in [0.4, 0.5) is 30.8 Å². The molecule has 0 fully saturated rings. The fourth-order valence-corrected chi connectivity index (χ4v) is 3.10. The lowest BCUT2D eigenvalue weighted by Crippen LogP contribution is -2.34. The van der Waals surface area contributed by atoms with Gasteiger partial charge >= 0.3 is 6.03 Å². The molecule has 4 rings (SSSR count). The maximum atomic E-state index is 14.6. The molecule has 1 aliphatic heterocycles. The summed E-state index contributed by atoms with van der Waals surface area (Å²) in [4.78, 5) is 27.8. The summed E-state index contributed by atoms with van der Waals surface area (Å²) < 4.78 is 28.4. The van der Waals surface area contributed by atoms with Crippen molar-refractivity contribution in [2.75, 3.05) is 10.6 Å². The first kappa shape index (κ1) is 18.5. The number of aromatic nitrogens is 1. The molecule has 0 bridgehead atoms. The van der Waals surface area contributed by atoms with Crippen molar-refractivity contribution in [3.63, 3.8) is 0 Å². The zero-order chi connectivity index (χ0) is 20.4. The number of benzene rings is 2. The van der Waals surface area contributed by atoms with Gasteiger partial charge in [-0.15, -0.1) is 0 Å². The van der Waals surface area contributed by atoms with Crippen molar-refractivity contribution in [1.82, 2.24) is 10.3 Å². The molecule has 0 atom stereocenters. The highest BCUT2D eigenvalue weighted by atomic mass is 19.1. The third-order valence-corrected chi connectivity index (χ3v) is 4.56. The summed E-state index contributed by atoms with van der Waals surface area (Å²) >= 11 is 0. The van der Waals surface area contributed by atoms with Gasteiger partial charge in [-0.25, -0.2) is 18.6 Å². The van der Waals surface area contributed by atoms with Crippen molar-refractivity contribution < 1.29 is 18.4 Å². The van der Waals surface area contributed by atoms with Gasteiger partial charge in [0.25, 0.3) is 0 Å². The van der Waals surface area contributed by atoms with Crippen LogP contribution in [0.5, 0.6) is 0 Å². The Morgan fingerprint density at radius 2 is 1.90 bits per heavy atom. The van der Waals surface area contributed by atoms with Crippen molar-refractivity contribution in [3.05, 3.63) is 83.1 Å². The van der Waals surface area contributed by atoms with Gasteiger partial charge in [0.1, 0.15) is 17.5 Å². The molecule has 0 saturated heterocycles. The Balaban J connectivity index is 1.53. The van der Waals surface area contributed by atoms with Crippen molar-refractivity contribution in [2.45, 2.75) is 13.0 Å². The third kappa shape index (κ3) is 3.91. The molecule has 3 aromatic rings. The number of Topliss-reactive ketones (excluding diaryl/α,β-unsaturated/α-hetero) is 1. The van der Waals surface area contributed by atoms with Crippen LogP contribution in [0.15, 0.2) is 54.7 Å². The Kier molecular flexibility index (Phi) is 4.90. The number of amides is 2. The maximum absolute atomic E-state index is 14.6. The number of fused-ring (bicyclic) bond motifs is 1. The van der Waals surface area contributed by atoms with E-state index in [2.05, 4.69) is 20.9 Å². The maximum Gasteiger partial charge on any atom is 0.320 e. The first-order valence-electron chi connectivity index (χ1n) is 8.87. The fraction of sp³-hybridized carbons (Fsp3) is 0.0952. The highest BCUT2D eigenvalue weighted by molar-refractivity contribution is 5.97. The normalized spacial score (nSPS) is 12.6. The Morgan fingerprint density at radius 1 is 1.07 bits per heavy atom. The second kappa shape index (κ2) is 7.67. The number of ketones is 1. The molecule has 146 valence electrons. The molecule has 2 aromatic carbocycles. The molecule has 8 heteroatoms. The van der Waals surface area contributed by atoms with Crippen molar-refractivity contribution >= 4 is 29.0 Å². The van der Waals surface area contributed by atoms with Crippen LogP contribution >= 0.6 is 0 Å². The van der Waals surface area contributed by atoms with Gasteiger partial charge in [0, 0.05) is 23.9 Å². The molecule has 2 amide bonds. The van der Waals surface area contributed by atoms with Gasteiger partial charge < -0.3 is 10.6 Å². The second-order valence-electron chi connectivity index (χ2n) is 6.51. The number of carbonyl (C=O) groups excluding carboxylic acids is 2. The number of halogens is 2. The van der Waals surface area contributed by atoms with Crippen LogP contribution in [0, 0.1) is 11.6 Å². The predicted octanol–water partition coefficient (Wildman–Crippen LogP) is 4.16. The van der Waals surface area contributed by atoms with E-state index in [1.807, 2.05) is 0 Å². The lowest BCUT2D eigenvalue weighted by Gasteiger charge is -2.21. The molecular formula is C21H16F2N4O2. The quantitative estimate of drug-likeness (QED) is 0.568. The molecular weight excluding hydrogens is 378 g/mol. The van der Waals surface area contributed by atoms with E-state index in [4.69, 9.17) is 0 Å². The number of carbonyl (C=O) groups is 2. The summed E-state index contributed by atoms with van der Waals surface area (Å²) in [6, 6.07) is 11.4. The highest BCUT2D eigenvalue weighted by Gasteiger charge is 2.19. The average Bonchev–Trinajstić information content (AvgIpc) is 2.70. The SMILES string of the molecule is O=C1NCc2c(Nc3ccc(CC(=O)c4ccccc4F)cc3F)ccnc2N1. The summed E-state index contributed by atoms with van der Waals surface area (Å²) in [5.74, 6) is -1.17. The number of anilines is 3. The molecule has 0 radical (unpaired) electrons. The van der Waals surface area contributed by atoms with Crippen LogP contribution in [0.25, 0.3) is 0 Å². The van der Waals surface area contributed by atoms with E-state index in [0.29, 0.717) is 22.6 Å². The highest BCUT2D eigenvalue weighted by Crippen LogP contribution is 2.29. The van der Waals surface area contributed by atoms with E-state index >= 15 is 0 Å². The molecule has 1 aliphatic rings. The molecule has 0 unspecified atom stereocenters. The standard InChI is InChI=1S/C21H16F2N4O2/c22-15-4-2-1-3-13(15)19(28)10-12-5-6-18(16(23)9-12)26-17-7-8-24-20-14(17)11-25-21(29)27-20/h1-9H,10-11H2,(H3,24,25,26,27,29). The van der Waals surface area contributed by atoms with Crippen molar-refractivity contribution in [3.8, 4) is 0 Å². The van der Waals surface area contributed by atoms with E-state index in [9.17, 15) is 18.4 Å². The molecule has 0 spiro atoms. The summed E-state index contributed by atoms with van der Waals surface area (Å²) in [6.45, 7) is 0.258. The summed E-state index contributed by atoms with van der Waals surface area (Å²) in [5.41, 5.74) is 1.92. The minimum atomic E-state index is -0.598. The number of rotatable bonds is 5. The molecule has 3 N–H and O–H groups in total. The number of hydrogen-bond donors (Lipinski definition) is 3. The number of urea groups is 1. The topological polar surface area (TPSA) is 83.1 Å². The van der Waals surface area contributed by atoms with E-state index in [1.54, 1.807) is 18.2 Å². The van der Waals surface area contributed by atoms with Crippen LogP contribution in [-0.2, 0) is 13.0 Å². The van der Waals surface area contributed by atoms with Crippen LogP contribution < -0.4 is 16.0 Å². The zero-order valence-corrected chi connectivity index (χ0v) is 15.1.